The van der Waals surface area contributed by atoms with E-state index in [4.69, 9.17) is 0 Å². The first-order chi connectivity index (χ1) is 10.2. The minimum absolute atomic E-state index is 0.0649. The lowest BCUT2D eigenvalue weighted by Gasteiger charge is -2.28. The summed E-state index contributed by atoms with van der Waals surface area (Å²) in [6, 6.07) is 4.13. The molecule has 0 unspecified atom stereocenters. The van der Waals surface area contributed by atoms with Gasteiger partial charge in [-0.25, -0.2) is 9.48 Å². The summed E-state index contributed by atoms with van der Waals surface area (Å²) in [4.78, 5) is 12.3. The maximum atomic E-state index is 11.4. The molecule has 21 heavy (non-hydrogen) atoms. The van der Waals surface area contributed by atoms with Gasteiger partial charge < -0.3 is 5.11 Å². The number of hydrogen-bond donors (Lipinski definition) is 1. The van der Waals surface area contributed by atoms with Gasteiger partial charge in [-0.15, -0.1) is 16.4 Å². The Labute approximate surface area is 127 Å². The highest BCUT2D eigenvalue weighted by molar-refractivity contribution is 7.13. The largest absolute Gasteiger partial charge is 0.476 e. The SMILES string of the molecule is CCC1CCC(n2nnc(C(=O)O)c2-c2cccs2)CC1. The molecule has 1 aliphatic rings. The lowest BCUT2D eigenvalue weighted by molar-refractivity contribution is 0.0691. The van der Waals surface area contributed by atoms with Gasteiger partial charge in [0, 0.05) is 0 Å². The summed E-state index contributed by atoms with van der Waals surface area (Å²) < 4.78 is 1.85. The topological polar surface area (TPSA) is 68.0 Å². The predicted octanol–water partition coefficient (Wildman–Crippen LogP) is 3.85. The molecule has 1 saturated carbocycles. The first-order valence-electron chi connectivity index (χ1n) is 7.43. The summed E-state index contributed by atoms with van der Waals surface area (Å²) in [6.07, 6.45) is 5.71. The Morgan fingerprint density at radius 3 is 2.76 bits per heavy atom. The molecule has 1 N–H and O–H groups in total. The second kappa shape index (κ2) is 5.97. The van der Waals surface area contributed by atoms with E-state index in [0.29, 0.717) is 5.69 Å². The highest BCUT2D eigenvalue weighted by atomic mass is 32.1. The maximum Gasteiger partial charge on any atom is 0.358 e. The van der Waals surface area contributed by atoms with Crippen molar-refractivity contribution in [3.63, 3.8) is 0 Å². The summed E-state index contributed by atoms with van der Waals surface area (Å²) >= 11 is 1.53. The smallest absolute Gasteiger partial charge is 0.358 e. The third kappa shape index (κ3) is 2.72. The third-order valence-electron chi connectivity index (χ3n) is 4.39. The molecule has 3 rings (SSSR count). The molecule has 0 spiro atoms. The fourth-order valence-corrected chi connectivity index (χ4v) is 3.90. The van der Waals surface area contributed by atoms with Crippen LogP contribution in [0.3, 0.4) is 0 Å². The van der Waals surface area contributed by atoms with E-state index in [-0.39, 0.29) is 11.7 Å². The molecule has 2 heterocycles. The highest BCUT2D eigenvalue weighted by Crippen LogP contribution is 2.37. The number of carbonyl (C=O) groups is 1. The van der Waals surface area contributed by atoms with Crippen LogP contribution in [0.2, 0.25) is 0 Å². The average molecular weight is 305 g/mol. The molecule has 0 bridgehead atoms. The lowest BCUT2D eigenvalue weighted by atomic mass is 9.84. The Bertz CT molecular complexity index is 613. The number of aromatic carboxylic acids is 1. The molecule has 0 saturated heterocycles. The summed E-state index contributed by atoms with van der Waals surface area (Å²) in [5, 5.41) is 19.4. The molecular formula is C15H19N3O2S. The van der Waals surface area contributed by atoms with Crippen molar-refractivity contribution in [1.82, 2.24) is 15.0 Å². The zero-order valence-electron chi connectivity index (χ0n) is 12.0. The Balaban J connectivity index is 1.94. The first kappa shape index (κ1) is 14.3. The fraction of sp³-hybridized carbons (Fsp3) is 0.533. The molecule has 0 atom stereocenters. The van der Waals surface area contributed by atoms with Gasteiger partial charge >= 0.3 is 5.97 Å². The maximum absolute atomic E-state index is 11.4. The molecule has 0 amide bonds. The number of nitrogens with zero attached hydrogens (tertiary/aromatic N) is 3. The third-order valence-corrected chi connectivity index (χ3v) is 5.27. The van der Waals surface area contributed by atoms with Crippen LogP contribution in [0.25, 0.3) is 10.6 Å². The Morgan fingerprint density at radius 2 is 2.19 bits per heavy atom. The van der Waals surface area contributed by atoms with Gasteiger partial charge in [0.1, 0.15) is 5.69 Å². The molecule has 1 fully saturated rings. The number of rotatable bonds is 4. The van der Waals surface area contributed by atoms with E-state index in [0.717, 1.165) is 23.6 Å². The molecule has 0 aromatic carbocycles. The van der Waals surface area contributed by atoms with E-state index in [1.165, 1.54) is 30.6 Å². The second-order valence-electron chi connectivity index (χ2n) is 5.60. The molecule has 6 heteroatoms. The van der Waals surface area contributed by atoms with Crippen molar-refractivity contribution in [2.24, 2.45) is 5.92 Å². The Morgan fingerprint density at radius 1 is 1.43 bits per heavy atom. The number of thiophene rings is 1. The highest BCUT2D eigenvalue weighted by Gasteiger charge is 2.28. The number of aromatic nitrogens is 3. The molecule has 0 radical (unpaired) electrons. The van der Waals surface area contributed by atoms with Crippen LogP contribution in [0.1, 0.15) is 55.6 Å². The average Bonchev–Trinajstić information content (AvgIpc) is 3.16. The normalized spacial score (nSPS) is 22.3. The van der Waals surface area contributed by atoms with Crippen LogP contribution in [0.15, 0.2) is 17.5 Å². The van der Waals surface area contributed by atoms with Crippen molar-refractivity contribution >= 4 is 17.3 Å². The zero-order valence-corrected chi connectivity index (χ0v) is 12.8. The van der Waals surface area contributed by atoms with Gasteiger partial charge in [0.15, 0.2) is 5.69 Å². The van der Waals surface area contributed by atoms with Crippen molar-refractivity contribution in [2.45, 2.75) is 45.1 Å². The molecule has 2 aromatic heterocycles. The van der Waals surface area contributed by atoms with Gasteiger partial charge in [0.05, 0.1) is 10.9 Å². The standard InChI is InChI=1S/C15H19N3O2S/c1-2-10-5-7-11(8-6-10)18-14(12-4-3-9-21-12)13(15(19)20)16-17-18/h3-4,9-11H,2,5-8H2,1H3,(H,19,20). The van der Waals surface area contributed by atoms with Crippen LogP contribution in [0, 0.1) is 5.92 Å². The van der Waals surface area contributed by atoms with Crippen molar-refractivity contribution in [1.29, 1.82) is 0 Å². The van der Waals surface area contributed by atoms with Crippen LogP contribution in [0.4, 0.5) is 0 Å². The number of carboxylic acids is 1. The van der Waals surface area contributed by atoms with Crippen molar-refractivity contribution in [2.75, 3.05) is 0 Å². The number of hydrogen-bond acceptors (Lipinski definition) is 4. The van der Waals surface area contributed by atoms with Gasteiger partial charge in [0.2, 0.25) is 0 Å². The minimum atomic E-state index is -1.01. The van der Waals surface area contributed by atoms with Crippen molar-refractivity contribution in [3.8, 4) is 10.6 Å². The Hall–Kier alpha value is -1.69. The van der Waals surface area contributed by atoms with E-state index in [1.807, 2.05) is 22.2 Å². The fourth-order valence-electron chi connectivity index (χ4n) is 3.13. The van der Waals surface area contributed by atoms with Gasteiger partial charge in [0.25, 0.3) is 0 Å². The van der Waals surface area contributed by atoms with Crippen LogP contribution in [0.5, 0.6) is 0 Å². The molecule has 1 aliphatic carbocycles. The van der Waals surface area contributed by atoms with Crippen LogP contribution >= 0.6 is 11.3 Å². The van der Waals surface area contributed by atoms with Crippen LogP contribution < -0.4 is 0 Å². The van der Waals surface area contributed by atoms with E-state index in [1.54, 1.807) is 0 Å². The van der Waals surface area contributed by atoms with Crippen molar-refractivity contribution in [3.05, 3.63) is 23.2 Å². The van der Waals surface area contributed by atoms with E-state index < -0.39 is 5.97 Å². The summed E-state index contributed by atoms with van der Waals surface area (Å²) in [6.45, 7) is 2.24. The van der Waals surface area contributed by atoms with Crippen molar-refractivity contribution < 1.29 is 9.90 Å². The second-order valence-corrected chi connectivity index (χ2v) is 6.54. The monoisotopic (exact) mass is 305 g/mol. The lowest BCUT2D eigenvalue weighted by Crippen LogP contribution is -2.19. The van der Waals surface area contributed by atoms with E-state index >= 15 is 0 Å². The summed E-state index contributed by atoms with van der Waals surface area (Å²) in [7, 11) is 0. The molecular weight excluding hydrogens is 286 g/mol. The van der Waals surface area contributed by atoms with Gasteiger partial charge in [-0.1, -0.05) is 24.6 Å². The molecule has 5 nitrogen and oxygen atoms in total. The van der Waals surface area contributed by atoms with Crippen LogP contribution in [-0.4, -0.2) is 26.1 Å². The van der Waals surface area contributed by atoms with E-state index in [2.05, 4.69) is 17.2 Å². The summed E-state index contributed by atoms with van der Waals surface area (Å²) in [5.41, 5.74) is 0.729. The summed E-state index contributed by atoms with van der Waals surface area (Å²) in [5.74, 6) is -0.208. The predicted molar refractivity (Wildman–Crippen MR) is 81.6 cm³/mol. The Kier molecular flexibility index (Phi) is 4.05. The minimum Gasteiger partial charge on any atom is -0.476 e. The molecule has 0 aliphatic heterocycles. The van der Waals surface area contributed by atoms with Gasteiger partial charge in [-0.3, -0.25) is 0 Å². The van der Waals surface area contributed by atoms with Gasteiger partial charge in [-0.2, -0.15) is 0 Å². The molecule has 112 valence electrons. The van der Waals surface area contributed by atoms with Gasteiger partial charge in [-0.05, 0) is 43.0 Å². The quantitative estimate of drug-likeness (QED) is 0.931. The number of carboxylic acid groups (broad SMARTS) is 1. The van der Waals surface area contributed by atoms with E-state index in [9.17, 15) is 9.90 Å². The van der Waals surface area contributed by atoms with Crippen LogP contribution in [-0.2, 0) is 0 Å². The molecule has 2 aromatic rings. The zero-order chi connectivity index (χ0) is 14.8. The first-order valence-corrected chi connectivity index (χ1v) is 8.31.